The molecule has 0 aromatic carbocycles. The van der Waals surface area contributed by atoms with Gasteiger partial charge in [-0.3, -0.25) is 0 Å². The molecule has 1 heteroatoms. The van der Waals surface area contributed by atoms with E-state index in [1.54, 1.807) is 0 Å². The Kier molecular flexibility index (Phi) is 1.59. The van der Waals surface area contributed by atoms with E-state index in [9.17, 15) is 0 Å². The van der Waals surface area contributed by atoms with E-state index in [1.807, 2.05) is 19.1 Å². The van der Waals surface area contributed by atoms with Gasteiger partial charge < -0.3 is 0 Å². The first kappa shape index (κ1) is 5.70. The molecule has 0 unspecified atom stereocenters. The lowest BCUT2D eigenvalue weighted by atomic mass is 10.1. The number of thiocarbonyl (C=S) groups is 1. The lowest BCUT2D eigenvalue weighted by molar-refractivity contribution is 1.18. The maximum Gasteiger partial charge on any atom is 0.0265 e. The van der Waals surface area contributed by atoms with Crippen LogP contribution in [-0.4, -0.2) is 4.86 Å². The van der Waals surface area contributed by atoms with Gasteiger partial charge in [-0.25, -0.2) is 0 Å². The van der Waals surface area contributed by atoms with Gasteiger partial charge in [0.2, 0.25) is 0 Å². The first-order valence-electron chi connectivity index (χ1n) is 2.66. The van der Waals surface area contributed by atoms with Crippen LogP contribution < -0.4 is 0 Å². The normalized spacial score (nSPS) is 17.6. The standard InChI is InChI=1S/C7H8S/c1-6(8)7-4-2-3-5-7/h2-5,7H,1H3. The molecule has 1 aliphatic rings. The second-order valence-electron chi connectivity index (χ2n) is 1.91. The van der Waals surface area contributed by atoms with Gasteiger partial charge in [0, 0.05) is 10.8 Å². The zero-order chi connectivity index (χ0) is 5.98. The number of hydrogen-bond donors (Lipinski definition) is 0. The van der Waals surface area contributed by atoms with Crippen molar-refractivity contribution in [2.75, 3.05) is 0 Å². The Morgan fingerprint density at radius 2 is 1.88 bits per heavy atom. The highest BCUT2D eigenvalue weighted by atomic mass is 32.1. The third-order valence-corrected chi connectivity index (χ3v) is 1.49. The van der Waals surface area contributed by atoms with Crippen LogP contribution in [0.2, 0.25) is 0 Å². The van der Waals surface area contributed by atoms with Crippen molar-refractivity contribution in [3.63, 3.8) is 0 Å². The summed E-state index contributed by atoms with van der Waals surface area (Å²) < 4.78 is 0. The van der Waals surface area contributed by atoms with Crippen molar-refractivity contribution >= 4 is 17.1 Å². The third kappa shape index (κ3) is 1.04. The van der Waals surface area contributed by atoms with Gasteiger partial charge in [0.25, 0.3) is 0 Å². The van der Waals surface area contributed by atoms with Crippen LogP contribution in [0.3, 0.4) is 0 Å². The topological polar surface area (TPSA) is 0 Å². The fourth-order valence-corrected chi connectivity index (χ4v) is 0.860. The highest BCUT2D eigenvalue weighted by Gasteiger charge is 2.03. The van der Waals surface area contributed by atoms with E-state index in [0.717, 1.165) is 4.86 Å². The lowest BCUT2D eigenvalue weighted by Gasteiger charge is -1.97. The molecule has 0 aliphatic heterocycles. The molecule has 0 bridgehead atoms. The Morgan fingerprint density at radius 3 is 2.12 bits per heavy atom. The third-order valence-electron chi connectivity index (χ3n) is 1.22. The molecule has 0 amide bonds. The van der Waals surface area contributed by atoms with E-state index < -0.39 is 0 Å². The summed E-state index contributed by atoms with van der Waals surface area (Å²) in [5.74, 6) is 0.435. The fraction of sp³-hybridized carbons (Fsp3) is 0.286. The van der Waals surface area contributed by atoms with Gasteiger partial charge in [-0.15, -0.1) is 0 Å². The first-order chi connectivity index (χ1) is 3.80. The monoisotopic (exact) mass is 124 g/mol. The van der Waals surface area contributed by atoms with E-state index in [1.165, 1.54) is 0 Å². The Bertz CT molecular complexity index is 142. The summed E-state index contributed by atoms with van der Waals surface area (Å²) >= 11 is 4.95. The molecule has 1 aliphatic carbocycles. The van der Waals surface area contributed by atoms with Gasteiger partial charge >= 0.3 is 0 Å². The van der Waals surface area contributed by atoms with Crippen molar-refractivity contribution < 1.29 is 0 Å². The van der Waals surface area contributed by atoms with Gasteiger partial charge in [0.1, 0.15) is 0 Å². The van der Waals surface area contributed by atoms with E-state index >= 15 is 0 Å². The molecule has 0 saturated heterocycles. The minimum Gasteiger partial charge on any atom is -0.0890 e. The summed E-state index contributed by atoms with van der Waals surface area (Å²) in [6.07, 6.45) is 8.26. The average molecular weight is 124 g/mol. The molecular weight excluding hydrogens is 116 g/mol. The fourth-order valence-electron chi connectivity index (χ4n) is 0.703. The molecule has 0 atom stereocenters. The molecule has 0 spiro atoms. The molecule has 0 N–H and O–H groups in total. The Labute approximate surface area is 54.9 Å². The molecule has 0 aromatic heterocycles. The maximum atomic E-state index is 4.95. The van der Waals surface area contributed by atoms with Crippen molar-refractivity contribution in [3.05, 3.63) is 24.3 Å². The van der Waals surface area contributed by atoms with Gasteiger partial charge in [0.15, 0.2) is 0 Å². The molecule has 1 rings (SSSR count). The lowest BCUT2D eigenvalue weighted by Crippen LogP contribution is -1.98. The van der Waals surface area contributed by atoms with Crippen LogP contribution >= 0.6 is 12.2 Å². The first-order valence-corrected chi connectivity index (χ1v) is 3.07. The van der Waals surface area contributed by atoms with Crippen LogP contribution in [0.25, 0.3) is 0 Å². The summed E-state index contributed by atoms with van der Waals surface area (Å²) in [5, 5.41) is 0. The van der Waals surface area contributed by atoms with Crippen LogP contribution in [0.1, 0.15) is 6.92 Å². The minimum absolute atomic E-state index is 0.435. The van der Waals surface area contributed by atoms with Crippen molar-refractivity contribution in [1.29, 1.82) is 0 Å². The molecule has 8 heavy (non-hydrogen) atoms. The molecule has 0 saturated carbocycles. The molecular formula is C7H8S. The van der Waals surface area contributed by atoms with Gasteiger partial charge in [0.05, 0.1) is 0 Å². The highest BCUT2D eigenvalue weighted by molar-refractivity contribution is 7.80. The summed E-state index contributed by atoms with van der Waals surface area (Å²) in [4.78, 5) is 1.05. The molecule has 0 aromatic rings. The molecule has 42 valence electrons. The zero-order valence-electron chi connectivity index (χ0n) is 4.79. The van der Waals surface area contributed by atoms with Crippen molar-refractivity contribution in [3.8, 4) is 0 Å². The predicted octanol–water partition coefficient (Wildman–Crippen LogP) is 2.12. The Morgan fingerprint density at radius 1 is 1.38 bits per heavy atom. The minimum atomic E-state index is 0.435. The van der Waals surface area contributed by atoms with Crippen LogP contribution in [0, 0.1) is 5.92 Å². The summed E-state index contributed by atoms with van der Waals surface area (Å²) in [6.45, 7) is 1.97. The molecule has 0 radical (unpaired) electrons. The summed E-state index contributed by atoms with van der Waals surface area (Å²) in [6, 6.07) is 0. The van der Waals surface area contributed by atoms with E-state index in [-0.39, 0.29) is 0 Å². The zero-order valence-corrected chi connectivity index (χ0v) is 5.61. The van der Waals surface area contributed by atoms with Crippen LogP contribution in [0.5, 0.6) is 0 Å². The maximum absolute atomic E-state index is 4.95. The molecule has 0 fully saturated rings. The van der Waals surface area contributed by atoms with Crippen LogP contribution in [0.15, 0.2) is 24.3 Å². The second-order valence-corrected chi connectivity index (χ2v) is 2.55. The predicted molar refractivity (Wildman–Crippen MR) is 40.0 cm³/mol. The quantitative estimate of drug-likeness (QED) is 0.482. The van der Waals surface area contributed by atoms with Crippen molar-refractivity contribution in [2.24, 2.45) is 5.92 Å². The van der Waals surface area contributed by atoms with Gasteiger partial charge in [-0.05, 0) is 6.92 Å². The molecule has 0 heterocycles. The molecule has 0 nitrogen and oxygen atoms in total. The second kappa shape index (κ2) is 2.23. The van der Waals surface area contributed by atoms with Gasteiger partial charge in [-0.2, -0.15) is 0 Å². The van der Waals surface area contributed by atoms with Crippen LogP contribution in [-0.2, 0) is 0 Å². The number of rotatable bonds is 1. The smallest absolute Gasteiger partial charge is 0.0265 e. The summed E-state index contributed by atoms with van der Waals surface area (Å²) in [5.41, 5.74) is 0. The number of allylic oxidation sites excluding steroid dienone is 4. The summed E-state index contributed by atoms with van der Waals surface area (Å²) in [7, 11) is 0. The van der Waals surface area contributed by atoms with E-state index in [2.05, 4.69) is 12.2 Å². The van der Waals surface area contributed by atoms with Crippen molar-refractivity contribution in [1.82, 2.24) is 0 Å². The largest absolute Gasteiger partial charge is 0.0890 e. The van der Waals surface area contributed by atoms with Crippen molar-refractivity contribution in [2.45, 2.75) is 6.92 Å². The van der Waals surface area contributed by atoms with E-state index in [0.29, 0.717) is 5.92 Å². The Hall–Kier alpha value is -0.430. The Balaban J connectivity index is 2.62. The van der Waals surface area contributed by atoms with Crippen LogP contribution in [0.4, 0.5) is 0 Å². The van der Waals surface area contributed by atoms with E-state index in [4.69, 9.17) is 12.2 Å². The average Bonchev–Trinajstić information content (AvgIpc) is 2.12. The SMILES string of the molecule is CC(=S)C1C=CC=C1. The number of hydrogen-bond acceptors (Lipinski definition) is 1. The highest BCUT2D eigenvalue weighted by Crippen LogP contribution is 2.09. The van der Waals surface area contributed by atoms with Gasteiger partial charge in [-0.1, -0.05) is 36.5 Å².